The van der Waals surface area contributed by atoms with Crippen LogP contribution in [0.3, 0.4) is 0 Å². The predicted molar refractivity (Wildman–Crippen MR) is 57.7 cm³/mol. The van der Waals surface area contributed by atoms with Gasteiger partial charge in [-0.15, -0.1) is 0 Å². The third kappa shape index (κ3) is 2.76. The second kappa shape index (κ2) is 5.03. The summed E-state index contributed by atoms with van der Waals surface area (Å²) in [4.78, 5) is 10.6. The molecule has 1 aliphatic heterocycles. The van der Waals surface area contributed by atoms with Crippen molar-refractivity contribution in [1.82, 2.24) is 0 Å². The van der Waals surface area contributed by atoms with E-state index < -0.39 is 5.97 Å². The molecule has 1 aliphatic rings. The molecule has 0 aromatic carbocycles. The minimum absolute atomic E-state index is 0.0394. The predicted octanol–water partition coefficient (Wildman–Crippen LogP) is 1.82. The van der Waals surface area contributed by atoms with Crippen molar-refractivity contribution in [3.8, 4) is 0 Å². The molecule has 1 fully saturated rings. The van der Waals surface area contributed by atoms with Crippen LogP contribution >= 0.6 is 0 Å². The average molecular weight is 225 g/mol. The molecule has 2 rings (SSSR count). The molecule has 0 saturated carbocycles. The normalized spacial score (nSPS) is 20.6. The van der Waals surface area contributed by atoms with Crippen LogP contribution < -0.4 is 5.32 Å². The molecule has 2 heterocycles. The van der Waals surface area contributed by atoms with Crippen LogP contribution in [0.15, 0.2) is 16.5 Å². The standard InChI is InChI=1S/C11H15NO4/c13-11(14)9-3-4-10(16-9)12-6-8-2-1-5-15-7-8/h3-4,8,12H,1-2,5-7H2,(H,13,14). The Labute approximate surface area is 93.4 Å². The van der Waals surface area contributed by atoms with Gasteiger partial charge in [0.25, 0.3) is 0 Å². The lowest BCUT2D eigenvalue weighted by molar-refractivity contribution is 0.0592. The van der Waals surface area contributed by atoms with E-state index in [0.29, 0.717) is 11.8 Å². The molecule has 1 atom stereocenters. The Morgan fingerprint density at radius 3 is 3.06 bits per heavy atom. The van der Waals surface area contributed by atoms with E-state index in [-0.39, 0.29) is 5.76 Å². The first-order valence-electron chi connectivity index (χ1n) is 5.40. The van der Waals surface area contributed by atoms with E-state index in [4.69, 9.17) is 14.3 Å². The Bertz CT molecular complexity index is 355. The van der Waals surface area contributed by atoms with Crippen LogP contribution in [0.5, 0.6) is 0 Å². The van der Waals surface area contributed by atoms with Gasteiger partial charge < -0.3 is 19.6 Å². The maximum atomic E-state index is 10.6. The number of carboxylic acids is 1. The summed E-state index contributed by atoms with van der Waals surface area (Å²) >= 11 is 0. The molecule has 1 saturated heterocycles. The van der Waals surface area contributed by atoms with Gasteiger partial charge in [0.2, 0.25) is 5.76 Å². The Kier molecular flexibility index (Phi) is 3.46. The SMILES string of the molecule is O=C(O)c1ccc(NCC2CCCOC2)o1. The zero-order chi connectivity index (χ0) is 11.4. The van der Waals surface area contributed by atoms with E-state index in [2.05, 4.69) is 5.32 Å². The molecule has 1 aromatic rings. The Morgan fingerprint density at radius 2 is 2.44 bits per heavy atom. The van der Waals surface area contributed by atoms with Crippen molar-refractivity contribution in [1.29, 1.82) is 0 Å². The quantitative estimate of drug-likeness (QED) is 0.817. The van der Waals surface area contributed by atoms with Gasteiger partial charge in [-0.2, -0.15) is 0 Å². The lowest BCUT2D eigenvalue weighted by Crippen LogP contribution is -2.24. The molecule has 1 unspecified atom stereocenters. The Balaban J connectivity index is 1.81. The number of carbonyl (C=O) groups is 1. The van der Waals surface area contributed by atoms with E-state index >= 15 is 0 Å². The summed E-state index contributed by atoms with van der Waals surface area (Å²) in [6.45, 7) is 2.37. The number of anilines is 1. The molecule has 0 spiro atoms. The molecular formula is C11H15NO4. The van der Waals surface area contributed by atoms with Crippen molar-refractivity contribution in [2.24, 2.45) is 5.92 Å². The Morgan fingerprint density at radius 1 is 1.56 bits per heavy atom. The molecule has 0 amide bonds. The van der Waals surface area contributed by atoms with Gasteiger partial charge in [-0.05, 0) is 24.8 Å². The molecular weight excluding hydrogens is 210 g/mol. The fraction of sp³-hybridized carbons (Fsp3) is 0.545. The second-order valence-electron chi connectivity index (χ2n) is 3.93. The van der Waals surface area contributed by atoms with Crippen LogP contribution in [-0.4, -0.2) is 30.8 Å². The fourth-order valence-corrected chi connectivity index (χ4v) is 1.76. The van der Waals surface area contributed by atoms with Gasteiger partial charge in [-0.1, -0.05) is 0 Å². The van der Waals surface area contributed by atoms with Gasteiger partial charge in [0.1, 0.15) is 0 Å². The van der Waals surface area contributed by atoms with Crippen molar-refractivity contribution in [2.45, 2.75) is 12.8 Å². The number of carboxylic acid groups (broad SMARTS) is 1. The zero-order valence-corrected chi connectivity index (χ0v) is 8.94. The summed E-state index contributed by atoms with van der Waals surface area (Å²) in [7, 11) is 0. The van der Waals surface area contributed by atoms with Crippen LogP contribution in [0.4, 0.5) is 5.88 Å². The van der Waals surface area contributed by atoms with Gasteiger partial charge in [0, 0.05) is 19.2 Å². The fourth-order valence-electron chi connectivity index (χ4n) is 1.76. The van der Waals surface area contributed by atoms with Crippen molar-refractivity contribution in [3.05, 3.63) is 17.9 Å². The third-order valence-electron chi connectivity index (χ3n) is 2.64. The van der Waals surface area contributed by atoms with E-state index in [1.165, 1.54) is 6.07 Å². The molecule has 0 bridgehead atoms. The van der Waals surface area contributed by atoms with Gasteiger partial charge in [-0.3, -0.25) is 0 Å². The van der Waals surface area contributed by atoms with Gasteiger partial charge >= 0.3 is 5.97 Å². The summed E-state index contributed by atoms with van der Waals surface area (Å²) in [5.41, 5.74) is 0. The molecule has 0 radical (unpaired) electrons. The van der Waals surface area contributed by atoms with Crippen LogP contribution in [0.1, 0.15) is 23.4 Å². The van der Waals surface area contributed by atoms with Crippen LogP contribution in [-0.2, 0) is 4.74 Å². The lowest BCUT2D eigenvalue weighted by Gasteiger charge is -2.21. The molecule has 0 aliphatic carbocycles. The molecule has 1 aromatic heterocycles. The van der Waals surface area contributed by atoms with E-state index in [1.807, 2.05) is 0 Å². The summed E-state index contributed by atoms with van der Waals surface area (Å²) in [5.74, 6) is -0.105. The van der Waals surface area contributed by atoms with Crippen LogP contribution in [0, 0.1) is 5.92 Å². The highest BCUT2D eigenvalue weighted by molar-refractivity contribution is 5.84. The number of hydrogen-bond acceptors (Lipinski definition) is 4. The maximum absolute atomic E-state index is 10.6. The van der Waals surface area contributed by atoms with E-state index in [9.17, 15) is 4.79 Å². The third-order valence-corrected chi connectivity index (χ3v) is 2.64. The number of rotatable bonds is 4. The minimum Gasteiger partial charge on any atom is -0.475 e. The molecule has 88 valence electrons. The highest BCUT2D eigenvalue weighted by Crippen LogP contribution is 2.17. The van der Waals surface area contributed by atoms with Gasteiger partial charge in [0.05, 0.1) is 6.61 Å². The number of aromatic carboxylic acids is 1. The van der Waals surface area contributed by atoms with Gasteiger partial charge in [-0.25, -0.2) is 4.79 Å². The number of ether oxygens (including phenoxy) is 1. The van der Waals surface area contributed by atoms with Crippen molar-refractivity contribution < 1.29 is 19.1 Å². The van der Waals surface area contributed by atoms with E-state index in [0.717, 1.165) is 32.6 Å². The Hall–Kier alpha value is -1.49. The first-order chi connectivity index (χ1) is 7.75. The average Bonchev–Trinajstić information content (AvgIpc) is 2.76. The zero-order valence-electron chi connectivity index (χ0n) is 8.94. The summed E-state index contributed by atoms with van der Waals surface area (Å²) in [6, 6.07) is 3.08. The topological polar surface area (TPSA) is 71.7 Å². The van der Waals surface area contributed by atoms with Crippen molar-refractivity contribution in [3.63, 3.8) is 0 Å². The minimum atomic E-state index is -1.05. The van der Waals surface area contributed by atoms with Crippen LogP contribution in [0.25, 0.3) is 0 Å². The smallest absolute Gasteiger partial charge is 0.371 e. The first kappa shape index (κ1) is 11.0. The molecule has 5 heteroatoms. The monoisotopic (exact) mass is 225 g/mol. The number of hydrogen-bond donors (Lipinski definition) is 2. The highest BCUT2D eigenvalue weighted by Gasteiger charge is 2.14. The first-order valence-corrected chi connectivity index (χ1v) is 5.40. The molecule has 2 N–H and O–H groups in total. The summed E-state index contributed by atoms with van der Waals surface area (Å²) < 4.78 is 10.4. The van der Waals surface area contributed by atoms with Crippen LogP contribution in [0.2, 0.25) is 0 Å². The second-order valence-corrected chi connectivity index (χ2v) is 3.93. The summed E-state index contributed by atoms with van der Waals surface area (Å²) in [5, 5.41) is 11.8. The number of nitrogens with one attached hydrogen (secondary N) is 1. The summed E-state index contributed by atoms with van der Waals surface area (Å²) in [6.07, 6.45) is 2.23. The van der Waals surface area contributed by atoms with Crippen molar-refractivity contribution >= 4 is 11.9 Å². The maximum Gasteiger partial charge on any atom is 0.371 e. The molecule has 16 heavy (non-hydrogen) atoms. The lowest BCUT2D eigenvalue weighted by atomic mass is 10.0. The molecule has 5 nitrogen and oxygen atoms in total. The van der Waals surface area contributed by atoms with E-state index in [1.54, 1.807) is 6.07 Å². The van der Waals surface area contributed by atoms with Crippen molar-refractivity contribution in [2.75, 3.05) is 25.1 Å². The number of furan rings is 1. The van der Waals surface area contributed by atoms with Gasteiger partial charge in [0.15, 0.2) is 5.88 Å². The highest BCUT2D eigenvalue weighted by atomic mass is 16.5. The largest absolute Gasteiger partial charge is 0.475 e.